The molecule has 7 heteroatoms. The molecule has 3 N–H and O–H groups in total. The average molecular weight is 399 g/mol. The fraction of sp³-hybridized carbons (Fsp3) is 0.545. The molecule has 1 aromatic carbocycles. The first-order chi connectivity index (χ1) is 13.8. The van der Waals surface area contributed by atoms with Gasteiger partial charge in [-0.15, -0.1) is 0 Å². The van der Waals surface area contributed by atoms with Gasteiger partial charge in [0.15, 0.2) is 0 Å². The number of aromatic amines is 1. The highest BCUT2D eigenvalue weighted by molar-refractivity contribution is 5.99. The molecule has 156 valence electrons. The lowest BCUT2D eigenvalue weighted by Gasteiger charge is -2.33. The number of rotatable bonds is 2. The predicted molar refractivity (Wildman–Crippen MR) is 112 cm³/mol. The van der Waals surface area contributed by atoms with Gasteiger partial charge in [-0.25, -0.2) is 4.79 Å². The number of nitrogens with zero attached hydrogens (tertiary/aromatic N) is 1. The van der Waals surface area contributed by atoms with Gasteiger partial charge in [-0.1, -0.05) is 0 Å². The zero-order chi connectivity index (χ0) is 20.6. The number of aromatic nitrogens is 1. The summed E-state index contributed by atoms with van der Waals surface area (Å²) in [6.07, 6.45) is 2.17. The van der Waals surface area contributed by atoms with Crippen molar-refractivity contribution < 1.29 is 14.3 Å². The highest BCUT2D eigenvalue weighted by Gasteiger charge is 2.27. The van der Waals surface area contributed by atoms with E-state index >= 15 is 0 Å². The molecule has 3 heterocycles. The molecule has 0 radical (unpaired) electrons. The lowest BCUT2D eigenvalue weighted by molar-refractivity contribution is 0.0199. The Bertz CT molecular complexity index is 920. The number of fused-ring (bicyclic) bond motifs is 3. The molecule has 0 spiro atoms. The standard InChI is InChI=1S/C22H30N4O3/c1-22(2,3)29-21(28)26-10-7-15(8-11-26)24-20(27)14-4-5-18-16(12-14)17-13-23-9-6-19(17)25-18/h4-5,12,15,23,25H,6-11,13H2,1-3H3,(H,24,27). The molecule has 1 saturated heterocycles. The molecule has 2 aliphatic heterocycles. The van der Waals surface area contributed by atoms with E-state index in [2.05, 4.69) is 15.6 Å². The number of likely N-dealkylation sites (tertiary alicyclic amines) is 1. The maximum absolute atomic E-state index is 12.8. The molecule has 0 unspecified atom stereocenters. The van der Waals surface area contributed by atoms with E-state index in [0.29, 0.717) is 18.7 Å². The van der Waals surface area contributed by atoms with Crippen molar-refractivity contribution in [3.8, 4) is 0 Å². The Morgan fingerprint density at radius 3 is 2.69 bits per heavy atom. The van der Waals surface area contributed by atoms with Gasteiger partial charge < -0.3 is 25.3 Å². The topological polar surface area (TPSA) is 86.5 Å². The summed E-state index contributed by atoms with van der Waals surface area (Å²) in [4.78, 5) is 30.2. The van der Waals surface area contributed by atoms with E-state index < -0.39 is 5.60 Å². The lowest BCUT2D eigenvalue weighted by Crippen LogP contribution is -2.47. The quantitative estimate of drug-likeness (QED) is 0.726. The first-order valence-corrected chi connectivity index (χ1v) is 10.4. The van der Waals surface area contributed by atoms with E-state index in [4.69, 9.17) is 4.74 Å². The Hall–Kier alpha value is -2.54. The highest BCUT2D eigenvalue weighted by Crippen LogP contribution is 2.26. The Kier molecular flexibility index (Phi) is 5.25. The SMILES string of the molecule is CC(C)(C)OC(=O)N1CCC(NC(=O)c2ccc3[nH]c4c(c3c2)CNCC4)CC1. The van der Waals surface area contributed by atoms with Gasteiger partial charge >= 0.3 is 6.09 Å². The second-order valence-electron chi connectivity index (χ2n) is 8.98. The number of hydrogen-bond acceptors (Lipinski definition) is 4. The first-order valence-electron chi connectivity index (χ1n) is 10.4. The molecule has 0 saturated carbocycles. The summed E-state index contributed by atoms with van der Waals surface area (Å²) in [5.41, 5.74) is 3.81. The summed E-state index contributed by atoms with van der Waals surface area (Å²) in [5, 5.41) is 7.66. The highest BCUT2D eigenvalue weighted by atomic mass is 16.6. The smallest absolute Gasteiger partial charge is 0.410 e. The number of piperidine rings is 1. The van der Waals surface area contributed by atoms with E-state index in [9.17, 15) is 9.59 Å². The van der Waals surface area contributed by atoms with Crippen LogP contribution in [0.15, 0.2) is 18.2 Å². The van der Waals surface area contributed by atoms with Crippen molar-refractivity contribution in [1.82, 2.24) is 20.5 Å². The second kappa shape index (κ2) is 7.71. The van der Waals surface area contributed by atoms with Gasteiger partial charge in [-0.05, 0) is 57.4 Å². The van der Waals surface area contributed by atoms with Crippen molar-refractivity contribution in [2.75, 3.05) is 19.6 Å². The van der Waals surface area contributed by atoms with Gasteiger partial charge in [-0.3, -0.25) is 4.79 Å². The third-order valence-electron chi connectivity index (χ3n) is 5.59. The molecule has 4 rings (SSSR count). The van der Waals surface area contributed by atoms with Crippen molar-refractivity contribution in [1.29, 1.82) is 0 Å². The first kappa shape index (κ1) is 19.8. The van der Waals surface area contributed by atoms with Crippen molar-refractivity contribution in [2.24, 2.45) is 0 Å². The van der Waals surface area contributed by atoms with Crippen LogP contribution in [-0.2, 0) is 17.7 Å². The predicted octanol–water partition coefficient (Wildman–Crippen LogP) is 2.94. The molecule has 1 aromatic heterocycles. The fourth-order valence-electron chi connectivity index (χ4n) is 4.09. The van der Waals surface area contributed by atoms with Crippen LogP contribution in [0.4, 0.5) is 4.79 Å². The fourth-order valence-corrected chi connectivity index (χ4v) is 4.09. The molecule has 0 bridgehead atoms. The summed E-state index contributed by atoms with van der Waals surface area (Å²) in [7, 11) is 0. The summed E-state index contributed by atoms with van der Waals surface area (Å²) in [5.74, 6) is -0.0543. The molecule has 2 amide bonds. The Labute approximate surface area is 171 Å². The van der Waals surface area contributed by atoms with Crippen LogP contribution in [0.5, 0.6) is 0 Å². The molecule has 0 aliphatic carbocycles. The van der Waals surface area contributed by atoms with Crippen LogP contribution in [-0.4, -0.2) is 53.2 Å². The van der Waals surface area contributed by atoms with Gasteiger partial charge in [0.2, 0.25) is 0 Å². The summed E-state index contributed by atoms with van der Waals surface area (Å²) in [6, 6.07) is 5.93. The van der Waals surface area contributed by atoms with Crippen LogP contribution >= 0.6 is 0 Å². The Morgan fingerprint density at radius 2 is 1.97 bits per heavy atom. The molecule has 1 fully saturated rings. The van der Waals surface area contributed by atoms with Gasteiger partial charge in [-0.2, -0.15) is 0 Å². The van der Waals surface area contributed by atoms with Crippen molar-refractivity contribution in [3.05, 3.63) is 35.0 Å². The van der Waals surface area contributed by atoms with E-state index in [1.165, 1.54) is 11.3 Å². The van der Waals surface area contributed by atoms with Gasteiger partial charge in [0.25, 0.3) is 5.91 Å². The van der Waals surface area contributed by atoms with Crippen molar-refractivity contribution in [3.63, 3.8) is 0 Å². The van der Waals surface area contributed by atoms with Crippen LogP contribution in [0.1, 0.15) is 55.2 Å². The molecule has 0 atom stereocenters. The van der Waals surface area contributed by atoms with Crippen LogP contribution in [0.25, 0.3) is 10.9 Å². The lowest BCUT2D eigenvalue weighted by atomic mass is 10.0. The van der Waals surface area contributed by atoms with Gasteiger partial charge in [0.05, 0.1) is 0 Å². The van der Waals surface area contributed by atoms with Gasteiger partial charge in [0, 0.05) is 60.8 Å². The zero-order valence-corrected chi connectivity index (χ0v) is 17.4. The number of carbonyl (C=O) groups is 2. The average Bonchev–Trinajstić information content (AvgIpc) is 3.05. The number of carbonyl (C=O) groups excluding carboxylic acids is 2. The van der Waals surface area contributed by atoms with E-state index in [1.807, 2.05) is 39.0 Å². The number of benzene rings is 1. The van der Waals surface area contributed by atoms with Crippen LogP contribution in [0, 0.1) is 0 Å². The van der Waals surface area contributed by atoms with E-state index in [-0.39, 0.29) is 18.0 Å². The Balaban J connectivity index is 1.37. The molecule has 7 nitrogen and oxygen atoms in total. The Morgan fingerprint density at radius 1 is 1.21 bits per heavy atom. The number of amides is 2. The number of hydrogen-bond donors (Lipinski definition) is 3. The summed E-state index contributed by atoms with van der Waals surface area (Å²) in [6.45, 7) is 8.61. The van der Waals surface area contributed by atoms with Crippen LogP contribution in [0.2, 0.25) is 0 Å². The maximum atomic E-state index is 12.8. The van der Waals surface area contributed by atoms with Crippen molar-refractivity contribution in [2.45, 2.75) is 58.2 Å². The number of nitrogens with one attached hydrogen (secondary N) is 3. The molecular formula is C22H30N4O3. The summed E-state index contributed by atoms with van der Waals surface area (Å²) >= 11 is 0. The molecule has 2 aromatic rings. The third-order valence-corrected chi connectivity index (χ3v) is 5.59. The molecule has 2 aliphatic rings. The zero-order valence-electron chi connectivity index (χ0n) is 17.4. The summed E-state index contributed by atoms with van der Waals surface area (Å²) < 4.78 is 5.43. The minimum atomic E-state index is -0.492. The molecular weight excluding hydrogens is 368 g/mol. The van der Waals surface area contributed by atoms with Gasteiger partial charge in [0.1, 0.15) is 5.60 Å². The third kappa shape index (κ3) is 4.40. The monoisotopic (exact) mass is 398 g/mol. The van der Waals surface area contributed by atoms with E-state index in [0.717, 1.165) is 43.3 Å². The normalized spacial score (nSPS) is 17.8. The van der Waals surface area contributed by atoms with E-state index in [1.54, 1.807) is 4.90 Å². The van der Waals surface area contributed by atoms with Crippen LogP contribution < -0.4 is 10.6 Å². The van der Waals surface area contributed by atoms with Crippen LogP contribution in [0.3, 0.4) is 0 Å². The maximum Gasteiger partial charge on any atom is 0.410 e. The second-order valence-corrected chi connectivity index (χ2v) is 8.98. The number of H-pyrrole nitrogens is 1. The number of ether oxygens (including phenoxy) is 1. The molecule has 29 heavy (non-hydrogen) atoms. The minimum Gasteiger partial charge on any atom is -0.444 e. The van der Waals surface area contributed by atoms with Crippen molar-refractivity contribution >= 4 is 22.9 Å². The largest absolute Gasteiger partial charge is 0.444 e. The minimum absolute atomic E-state index is 0.0543.